The van der Waals surface area contributed by atoms with E-state index in [-0.39, 0.29) is 12.8 Å². The lowest BCUT2D eigenvalue weighted by atomic mass is 9.64. The summed E-state index contributed by atoms with van der Waals surface area (Å²) in [5.41, 5.74) is 1.33. The Morgan fingerprint density at radius 1 is 1.14 bits per heavy atom. The Labute approximate surface area is 168 Å². The number of aromatic nitrogens is 3. The van der Waals surface area contributed by atoms with Gasteiger partial charge in [0.15, 0.2) is 0 Å². The third-order valence-electron chi connectivity index (χ3n) is 5.39. The van der Waals surface area contributed by atoms with E-state index >= 15 is 0 Å². The van der Waals surface area contributed by atoms with Gasteiger partial charge in [-0.15, -0.1) is 0 Å². The molecule has 0 aliphatic heterocycles. The molecular weight excluding hydrogens is 374 g/mol. The van der Waals surface area contributed by atoms with Crippen LogP contribution < -0.4 is 9.64 Å². The lowest BCUT2D eigenvalue weighted by Gasteiger charge is -2.45. The SMILES string of the molecule is COc1nc(N(C)CC2(c3ncccc3F)CC(F)C2)ncc1-c1ccccc1. The standard InChI is InChI=1S/C22H22F2N4O/c1-28(14-22(11-16(23)12-22)19-18(24)9-6-10-25-19)21-26-13-17(20(27-21)29-2)15-7-4-3-5-8-15/h3-10,13,16H,11-12,14H2,1-2H3. The molecule has 0 amide bonds. The molecule has 0 bridgehead atoms. The zero-order chi connectivity index (χ0) is 20.4. The molecular formula is C22H22F2N4O. The van der Waals surface area contributed by atoms with Crippen LogP contribution in [0.4, 0.5) is 14.7 Å². The number of rotatable bonds is 6. The Hall–Kier alpha value is -3.09. The number of pyridine rings is 1. The molecule has 1 aliphatic rings. The van der Waals surface area contributed by atoms with Crippen molar-refractivity contribution in [1.29, 1.82) is 0 Å². The number of anilines is 1. The average Bonchev–Trinajstić information content (AvgIpc) is 2.73. The van der Waals surface area contributed by atoms with Crippen LogP contribution in [0, 0.1) is 5.82 Å². The molecule has 4 rings (SSSR count). The van der Waals surface area contributed by atoms with Gasteiger partial charge in [0.2, 0.25) is 11.8 Å². The second-order valence-corrected chi connectivity index (χ2v) is 7.43. The molecule has 0 unspecified atom stereocenters. The first-order chi connectivity index (χ1) is 14.0. The number of alkyl halides is 1. The van der Waals surface area contributed by atoms with Gasteiger partial charge in [0.05, 0.1) is 18.4 Å². The average molecular weight is 396 g/mol. The summed E-state index contributed by atoms with van der Waals surface area (Å²) in [6, 6.07) is 12.6. The van der Waals surface area contributed by atoms with Gasteiger partial charge in [-0.3, -0.25) is 4.98 Å². The summed E-state index contributed by atoms with van der Waals surface area (Å²) < 4.78 is 33.7. The molecule has 1 aliphatic carbocycles. The van der Waals surface area contributed by atoms with Crippen molar-refractivity contribution < 1.29 is 13.5 Å². The smallest absolute Gasteiger partial charge is 0.228 e. The van der Waals surface area contributed by atoms with Gasteiger partial charge in [0.25, 0.3) is 0 Å². The lowest BCUT2D eigenvalue weighted by molar-refractivity contribution is 0.0920. The van der Waals surface area contributed by atoms with E-state index in [1.165, 1.54) is 12.1 Å². The topological polar surface area (TPSA) is 51.1 Å². The Kier molecular flexibility index (Phi) is 5.13. The van der Waals surface area contributed by atoms with Crippen LogP contribution in [0.1, 0.15) is 18.5 Å². The molecule has 1 saturated carbocycles. The molecule has 5 nitrogen and oxygen atoms in total. The first-order valence-electron chi connectivity index (χ1n) is 9.45. The van der Waals surface area contributed by atoms with Crippen LogP contribution >= 0.6 is 0 Å². The van der Waals surface area contributed by atoms with Gasteiger partial charge in [0, 0.05) is 31.4 Å². The van der Waals surface area contributed by atoms with E-state index in [4.69, 9.17) is 4.74 Å². The zero-order valence-electron chi connectivity index (χ0n) is 16.3. The number of methoxy groups -OCH3 is 1. The van der Waals surface area contributed by atoms with E-state index in [2.05, 4.69) is 15.0 Å². The van der Waals surface area contributed by atoms with Crippen molar-refractivity contribution in [2.24, 2.45) is 0 Å². The van der Waals surface area contributed by atoms with Crippen LogP contribution in [0.25, 0.3) is 11.1 Å². The van der Waals surface area contributed by atoms with Gasteiger partial charge < -0.3 is 9.64 Å². The Bertz CT molecular complexity index is 993. The van der Waals surface area contributed by atoms with Crippen LogP contribution in [0.15, 0.2) is 54.9 Å². The third kappa shape index (κ3) is 3.64. The number of halogens is 2. The van der Waals surface area contributed by atoms with E-state index in [0.717, 1.165) is 11.1 Å². The Morgan fingerprint density at radius 2 is 1.90 bits per heavy atom. The minimum atomic E-state index is -0.958. The predicted molar refractivity (Wildman–Crippen MR) is 107 cm³/mol. The minimum Gasteiger partial charge on any atom is -0.480 e. The molecule has 1 fully saturated rings. The fourth-order valence-corrected chi connectivity index (χ4v) is 4.00. The number of ether oxygens (including phenoxy) is 1. The highest BCUT2D eigenvalue weighted by Gasteiger charge is 2.49. The van der Waals surface area contributed by atoms with Gasteiger partial charge in [0.1, 0.15) is 12.0 Å². The Morgan fingerprint density at radius 3 is 2.55 bits per heavy atom. The summed E-state index contributed by atoms with van der Waals surface area (Å²) in [6.45, 7) is 0.356. The first-order valence-corrected chi connectivity index (χ1v) is 9.45. The van der Waals surface area contributed by atoms with Crippen LogP contribution in [0.3, 0.4) is 0 Å². The van der Waals surface area contributed by atoms with Crippen molar-refractivity contribution in [3.63, 3.8) is 0 Å². The normalized spacial score (nSPS) is 20.8. The molecule has 0 spiro atoms. The first kappa shape index (κ1) is 19.2. The Balaban J connectivity index is 1.62. The van der Waals surface area contributed by atoms with Gasteiger partial charge in [-0.05, 0) is 30.5 Å². The summed E-state index contributed by atoms with van der Waals surface area (Å²) >= 11 is 0. The highest BCUT2D eigenvalue weighted by Crippen LogP contribution is 2.46. The molecule has 0 atom stereocenters. The third-order valence-corrected chi connectivity index (χ3v) is 5.39. The van der Waals surface area contributed by atoms with Crippen LogP contribution in [0.2, 0.25) is 0 Å². The zero-order valence-corrected chi connectivity index (χ0v) is 16.3. The highest BCUT2D eigenvalue weighted by molar-refractivity contribution is 5.68. The van der Waals surface area contributed by atoms with E-state index < -0.39 is 17.4 Å². The maximum absolute atomic E-state index is 14.4. The van der Waals surface area contributed by atoms with Crippen molar-refractivity contribution in [2.75, 3.05) is 25.6 Å². The fourth-order valence-electron chi connectivity index (χ4n) is 4.00. The summed E-state index contributed by atoms with van der Waals surface area (Å²) in [6.07, 6.45) is 2.75. The lowest BCUT2D eigenvalue weighted by Crippen LogP contribution is -2.51. The molecule has 2 aromatic heterocycles. The summed E-state index contributed by atoms with van der Waals surface area (Å²) in [5, 5.41) is 0. The predicted octanol–water partition coefficient (Wildman–Crippen LogP) is 4.19. The molecule has 29 heavy (non-hydrogen) atoms. The van der Waals surface area contributed by atoms with E-state index in [0.29, 0.717) is 24.1 Å². The highest BCUT2D eigenvalue weighted by atomic mass is 19.1. The molecule has 7 heteroatoms. The van der Waals surface area contributed by atoms with Crippen molar-refractivity contribution in [1.82, 2.24) is 15.0 Å². The number of benzene rings is 1. The van der Waals surface area contributed by atoms with Gasteiger partial charge in [-0.25, -0.2) is 13.8 Å². The molecule has 150 valence electrons. The fraction of sp³-hybridized carbons (Fsp3) is 0.318. The molecule has 0 N–H and O–H groups in total. The molecule has 0 saturated heterocycles. The quantitative estimate of drug-likeness (QED) is 0.625. The van der Waals surface area contributed by atoms with E-state index in [1.807, 2.05) is 37.4 Å². The second-order valence-electron chi connectivity index (χ2n) is 7.43. The monoisotopic (exact) mass is 396 g/mol. The van der Waals surface area contributed by atoms with Crippen LogP contribution in [-0.2, 0) is 5.41 Å². The van der Waals surface area contributed by atoms with Crippen molar-refractivity contribution in [3.8, 4) is 17.0 Å². The summed E-state index contributed by atoms with van der Waals surface area (Å²) in [7, 11) is 3.37. The summed E-state index contributed by atoms with van der Waals surface area (Å²) in [5.74, 6) is 0.466. The molecule has 1 aromatic carbocycles. The van der Waals surface area contributed by atoms with Crippen LogP contribution in [0.5, 0.6) is 5.88 Å². The van der Waals surface area contributed by atoms with Gasteiger partial charge in [-0.1, -0.05) is 30.3 Å². The minimum absolute atomic E-state index is 0.227. The van der Waals surface area contributed by atoms with Gasteiger partial charge >= 0.3 is 0 Å². The van der Waals surface area contributed by atoms with E-state index in [9.17, 15) is 8.78 Å². The van der Waals surface area contributed by atoms with Crippen molar-refractivity contribution in [2.45, 2.75) is 24.4 Å². The number of hydrogen-bond acceptors (Lipinski definition) is 5. The van der Waals surface area contributed by atoms with Crippen molar-refractivity contribution >= 4 is 5.95 Å². The van der Waals surface area contributed by atoms with Gasteiger partial charge in [-0.2, -0.15) is 4.98 Å². The van der Waals surface area contributed by atoms with E-state index in [1.54, 1.807) is 24.4 Å². The second kappa shape index (κ2) is 7.73. The molecule has 2 heterocycles. The maximum Gasteiger partial charge on any atom is 0.228 e. The number of hydrogen-bond donors (Lipinski definition) is 0. The number of nitrogens with zero attached hydrogens (tertiary/aromatic N) is 4. The molecule has 3 aromatic rings. The van der Waals surface area contributed by atoms with Crippen LogP contribution in [-0.4, -0.2) is 41.8 Å². The summed E-state index contributed by atoms with van der Waals surface area (Å²) in [4.78, 5) is 15.0. The number of likely N-dealkylation sites (N-methyl/N-ethyl adjacent to an activating group) is 1. The maximum atomic E-state index is 14.4. The van der Waals surface area contributed by atoms with Crippen molar-refractivity contribution in [3.05, 3.63) is 66.4 Å². The largest absolute Gasteiger partial charge is 0.480 e. The molecule has 0 radical (unpaired) electrons.